The van der Waals surface area contributed by atoms with Crippen molar-refractivity contribution >= 4 is 11.7 Å². The van der Waals surface area contributed by atoms with Crippen LogP contribution in [0.25, 0.3) is 0 Å². The van der Waals surface area contributed by atoms with Gasteiger partial charge in [0.2, 0.25) is 5.91 Å². The van der Waals surface area contributed by atoms with Crippen molar-refractivity contribution in [2.24, 2.45) is 11.8 Å². The van der Waals surface area contributed by atoms with E-state index in [-0.39, 0.29) is 5.91 Å². The second kappa shape index (κ2) is 6.04. The number of likely N-dealkylation sites (tertiary alicyclic amines) is 1. The first-order chi connectivity index (χ1) is 9.08. The molecule has 0 radical (unpaired) electrons. The first kappa shape index (κ1) is 13.8. The summed E-state index contributed by atoms with van der Waals surface area (Å²) in [6, 6.07) is 3.81. The highest BCUT2D eigenvalue weighted by Crippen LogP contribution is 2.26. The van der Waals surface area contributed by atoms with Crippen molar-refractivity contribution in [1.82, 2.24) is 9.88 Å². The van der Waals surface area contributed by atoms with Crippen molar-refractivity contribution in [3.8, 4) is 0 Å². The van der Waals surface area contributed by atoms with Crippen molar-refractivity contribution in [3.05, 3.63) is 23.9 Å². The van der Waals surface area contributed by atoms with Gasteiger partial charge in [-0.05, 0) is 30.7 Å². The lowest BCUT2D eigenvalue weighted by atomic mass is 9.89. The molecule has 1 aromatic rings. The summed E-state index contributed by atoms with van der Waals surface area (Å²) in [5, 5.41) is 0. The molecule has 0 bridgehead atoms. The van der Waals surface area contributed by atoms with E-state index in [1.54, 1.807) is 6.20 Å². The topological polar surface area (TPSA) is 59.2 Å². The van der Waals surface area contributed by atoms with Crippen molar-refractivity contribution in [3.63, 3.8) is 0 Å². The average molecular weight is 261 g/mol. The summed E-state index contributed by atoms with van der Waals surface area (Å²) in [7, 11) is 0. The van der Waals surface area contributed by atoms with E-state index in [4.69, 9.17) is 5.73 Å². The first-order valence-corrected chi connectivity index (χ1v) is 7.05. The van der Waals surface area contributed by atoms with Crippen LogP contribution in [0.5, 0.6) is 0 Å². The van der Waals surface area contributed by atoms with E-state index in [0.29, 0.717) is 30.6 Å². The van der Waals surface area contributed by atoms with Gasteiger partial charge in [0.15, 0.2) is 0 Å². The molecule has 0 spiro atoms. The molecule has 1 unspecified atom stereocenters. The molecule has 1 atom stereocenters. The summed E-state index contributed by atoms with van der Waals surface area (Å²) < 4.78 is 0. The zero-order valence-corrected chi connectivity index (χ0v) is 11.8. The number of amides is 1. The quantitative estimate of drug-likeness (QED) is 0.909. The zero-order valence-electron chi connectivity index (χ0n) is 11.8. The third kappa shape index (κ3) is 3.46. The monoisotopic (exact) mass is 261 g/mol. The molecule has 2 rings (SSSR count). The highest BCUT2D eigenvalue weighted by molar-refractivity contribution is 5.76. The fourth-order valence-corrected chi connectivity index (χ4v) is 2.68. The Kier molecular flexibility index (Phi) is 4.40. The number of rotatable bonds is 3. The molecular weight excluding hydrogens is 238 g/mol. The van der Waals surface area contributed by atoms with Gasteiger partial charge in [0.05, 0.1) is 0 Å². The maximum absolute atomic E-state index is 12.2. The minimum Gasteiger partial charge on any atom is -0.383 e. The number of hydrogen-bond donors (Lipinski definition) is 1. The van der Waals surface area contributed by atoms with Gasteiger partial charge in [-0.25, -0.2) is 4.98 Å². The van der Waals surface area contributed by atoms with Gasteiger partial charge in [0.25, 0.3) is 0 Å². The van der Waals surface area contributed by atoms with Gasteiger partial charge in [-0.2, -0.15) is 0 Å². The predicted molar refractivity (Wildman–Crippen MR) is 76.2 cm³/mol. The molecule has 4 nitrogen and oxygen atoms in total. The molecule has 0 saturated carbocycles. The van der Waals surface area contributed by atoms with Gasteiger partial charge in [0, 0.05) is 31.3 Å². The molecule has 0 aliphatic carbocycles. The SMILES string of the molecule is CC(C)C1CCC(=O)N(Cc2cccnc2N)CC1. The number of carbonyl (C=O) groups is 1. The van der Waals surface area contributed by atoms with Gasteiger partial charge < -0.3 is 10.6 Å². The minimum absolute atomic E-state index is 0.242. The maximum Gasteiger partial charge on any atom is 0.222 e. The largest absolute Gasteiger partial charge is 0.383 e. The minimum atomic E-state index is 0.242. The van der Waals surface area contributed by atoms with Gasteiger partial charge in [-0.15, -0.1) is 0 Å². The van der Waals surface area contributed by atoms with Crippen LogP contribution in [-0.2, 0) is 11.3 Å². The Bertz CT molecular complexity index is 445. The summed E-state index contributed by atoms with van der Waals surface area (Å²) >= 11 is 0. The molecule has 1 amide bonds. The van der Waals surface area contributed by atoms with Crippen LogP contribution < -0.4 is 5.73 Å². The summed E-state index contributed by atoms with van der Waals surface area (Å²) in [4.78, 5) is 18.2. The van der Waals surface area contributed by atoms with E-state index in [1.807, 2.05) is 17.0 Å². The zero-order chi connectivity index (χ0) is 13.8. The highest BCUT2D eigenvalue weighted by Gasteiger charge is 2.24. The van der Waals surface area contributed by atoms with Gasteiger partial charge >= 0.3 is 0 Å². The molecule has 1 aliphatic rings. The Labute approximate surface area is 115 Å². The van der Waals surface area contributed by atoms with Crippen LogP contribution in [-0.4, -0.2) is 22.3 Å². The summed E-state index contributed by atoms with van der Waals surface area (Å²) in [6.45, 7) is 5.90. The van der Waals surface area contributed by atoms with Crippen LogP contribution in [0.15, 0.2) is 18.3 Å². The molecular formula is C15H23N3O. The summed E-state index contributed by atoms with van der Waals surface area (Å²) in [5.41, 5.74) is 6.79. The van der Waals surface area contributed by atoms with E-state index in [1.165, 1.54) is 0 Å². The third-order valence-corrected chi connectivity index (χ3v) is 4.08. The second-order valence-electron chi connectivity index (χ2n) is 5.69. The number of pyridine rings is 1. The lowest BCUT2D eigenvalue weighted by molar-refractivity contribution is -0.131. The molecule has 1 saturated heterocycles. The van der Waals surface area contributed by atoms with Crippen molar-refractivity contribution < 1.29 is 4.79 Å². The van der Waals surface area contributed by atoms with Gasteiger partial charge in [0.1, 0.15) is 5.82 Å². The number of aromatic nitrogens is 1. The molecule has 2 N–H and O–H groups in total. The van der Waals surface area contributed by atoms with Gasteiger partial charge in [-0.1, -0.05) is 19.9 Å². The predicted octanol–water partition coefficient (Wildman–Crippen LogP) is 2.45. The first-order valence-electron chi connectivity index (χ1n) is 7.05. The Hall–Kier alpha value is -1.58. The van der Waals surface area contributed by atoms with Crippen LogP contribution in [0.1, 0.15) is 38.7 Å². The molecule has 104 valence electrons. The van der Waals surface area contributed by atoms with Crippen molar-refractivity contribution in [2.45, 2.75) is 39.7 Å². The lowest BCUT2D eigenvalue weighted by Crippen LogP contribution is -2.30. The number of anilines is 1. The fourth-order valence-electron chi connectivity index (χ4n) is 2.68. The lowest BCUT2D eigenvalue weighted by Gasteiger charge is -2.22. The Balaban J connectivity index is 2.04. The molecule has 1 fully saturated rings. The maximum atomic E-state index is 12.2. The van der Waals surface area contributed by atoms with E-state index < -0.39 is 0 Å². The van der Waals surface area contributed by atoms with Crippen LogP contribution >= 0.6 is 0 Å². The number of nitrogens with zero attached hydrogens (tertiary/aromatic N) is 2. The summed E-state index contributed by atoms with van der Waals surface area (Å²) in [5.74, 6) is 2.07. The van der Waals surface area contributed by atoms with E-state index in [9.17, 15) is 4.79 Å². The standard InChI is InChI=1S/C15H23N3O/c1-11(2)12-5-6-14(19)18(9-7-12)10-13-4-3-8-17-15(13)16/h3-4,8,11-12H,5-7,9-10H2,1-2H3,(H2,16,17). The molecule has 1 aliphatic heterocycles. The Morgan fingerprint density at radius 1 is 1.47 bits per heavy atom. The number of hydrogen-bond acceptors (Lipinski definition) is 3. The smallest absolute Gasteiger partial charge is 0.222 e. The molecule has 19 heavy (non-hydrogen) atoms. The Morgan fingerprint density at radius 3 is 2.95 bits per heavy atom. The molecule has 1 aromatic heterocycles. The summed E-state index contributed by atoms with van der Waals surface area (Å²) in [6.07, 6.45) is 4.43. The van der Waals surface area contributed by atoms with Crippen LogP contribution in [0.4, 0.5) is 5.82 Å². The van der Waals surface area contributed by atoms with Crippen molar-refractivity contribution in [1.29, 1.82) is 0 Å². The average Bonchev–Trinajstić information content (AvgIpc) is 2.55. The third-order valence-electron chi connectivity index (χ3n) is 4.08. The van der Waals surface area contributed by atoms with Gasteiger partial charge in [-0.3, -0.25) is 4.79 Å². The van der Waals surface area contributed by atoms with Crippen LogP contribution in [0, 0.1) is 11.8 Å². The molecule has 4 heteroatoms. The molecule has 0 aromatic carbocycles. The second-order valence-corrected chi connectivity index (χ2v) is 5.69. The van der Waals surface area contributed by atoms with E-state index in [2.05, 4.69) is 18.8 Å². The number of nitrogens with two attached hydrogens (primary N) is 1. The number of carbonyl (C=O) groups excluding carboxylic acids is 1. The van der Waals surface area contributed by atoms with Crippen LogP contribution in [0.2, 0.25) is 0 Å². The normalized spacial score (nSPS) is 20.7. The number of nitrogen functional groups attached to an aromatic ring is 1. The molecule has 2 heterocycles. The highest BCUT2D eigenvalue weighted by atomic mass is 16.2. The van der Waals surface area contributed by atoms with E-state index >= 15 is 0 Å². The van der Waals surface area contributed by atoms with Crippen molar-refractivity contribution in [2.75, 3.05) is 12.3 Å². The van der Waals surface area contributed by atoms with Crippen LogP contribution in [0.3, 0.4) is 0 Å². The fraction of sp³-hybridized carbons (Fsp3) is 0.600. The van der Waals surface area contributed by atoms with E-state index in [0.717, 1.165) is 24.9 Å². The Morgan fingerprint density at radius 2 is 2.26 bits per heavy atom.